The third kappa shape index (κ3) is 5.67. The van der Waals surface area contributed by atoms with Crippen molar-refractivity contribution < 1.29 is 40.8 Å². The van der Waals surface area contributed by atoms with Gasteiger partial charge in [0.1, 0.15) is 11.9 Å². The summed E-state index contributed by atoms with van der Waals surface area (Å²) in [6.45, 7) is 3.42. The summed E-state index contributed by atoms with van der Waals surface area (Å²) in [5.74, 6) is -0.106. The van der Waals surface area contributed by atoms with Gasteiger partial charge < -0.3 is 9.84 Å². The summed E-state index contributed by atoms with van der Waals surface area (Å²) in [4.78, 5) is 10.8. The smallest absolute Gasteiger partial charge is 0.158 e. The first kappa shape index (κ1) is 14.6. The summed E-state index contributed by atoms with van der Waals surface area (Å²) >= 11 is 0. The Kier molecular flexibility index (Phi) is 9.34. The van der Waals surface area contributed by atoms with Crippen LogP contribution in [0, 0.1) is 0 Å². The number of methoxy groups -OCH3 is 1. The van der Waals surface area contributed by atoms with Crippen molar-refractivity contribution in [3.63, 3.8) is 0 Å². The summed E-state index contributed by atoms with van der Waals surface area (Å²) in [6.07, 6.45) is 1.21. The Labute approximate surface area is 91.9 Å². The van der Waals surface area contributed by atoms with E-state index in [-0.39, 0.29) is 37.7 Å². The Morgan fingerprint density at radius 3 is 2.50 bits per heavy atom. The molecule has 0 aromatic carbocycles. The molecule has 0 aliphatic rings. The zero-order valence-electron chi connectivity index (χ0n) is 7.63. The second kappa shape index (κ2) is 7.69. The van der Waals surface area contributed by atoms with E-state index in [1.165, 1.54) is 13.2 Å². The van der Waals surface area contributed by atoms with Crippen LogP contribution in [0.25, 0.3) is 0 Å². The monoisotopic (exact) mass is 248 g/mol. The molecule has 1 atom stereocenters. The van der Waals surface area contributed by atoms with Gasteiger partial charge in [0.2, 0.25) is 0 Å². The summed E-state index contributed by atoms with van der Waals surface area (Å²) in [5.41, 5.74) is 0. The van der Waals surface area contributed by atoms with Crippen LogP contribution in [-0.2, 0) is 35.7 Å². The van der Waals surface area contributed by atoms with E-state index in [9.17, 15) is 4.79 Å². The number of hydrogen-bond acceptors (Lipinski definition) is 3. The molecule has 68 valence electrons. The van der Waals surface area contributed by atoms with Gasteiger partial charge in [0.25, 0.3) is 0 Å². The maximum atomic E-state index is 10.8. The minimum atomic E-state index is -0.398. The number of hydrogen-bond donors (Lipinski definition) is 1. The molecule has 0 saturated heterocycles. The third-order valence-electron chi connectivity index (χ3n) is 1.43. The Morgan fingerprint density at radius 1 is 1.67 bits per heavy atom. The van der Waals surface area contributed by atoms with Crippen molar-refractivity contribution in [1.82, 2.24) is 0 Å². The molecule has 0 aromatic rings. The predicted molar refractivity (Wildman–Crippen MR) is 42.5 cm³/mol. The van der Waals surface area contributed by atoms with Crippen LogP contribution in [0.5, 0.6) is 0 Å². The molecule has 4 heteroatoms. The molecule has 0 saturated carbocycles. The summed E-state index contributed by atoms with van der Waals surface area (Å²) in [6, 6.07) is 0. The largest absolute Gasteiger partial charge is 0.509 e. The second-order valence-electron chi connectivity index (χ2n) is 2.27. The Bertz CT molecular complexity index is 166. The molecule has 0 heterocycles. The molecule has 0 radical (unpaired) electrons. The van der Waals surface area contributed by atoms with E-state index in [0.29, 0.717) is 6.42 Å². The van der Waals surface area contributed by atoms with Gasteiger partial charge in [-0.2, -0.15) is 0 Å². The molecule has 0 bridgehead atoms. The van der Waals surface area contributed by atoms with Crippen LogP contribution >= 0.6 is 0 Å². The van der Waals surface area contributed by atoms with E-state index in [1.54, 1.807) is 13.8 Å². The Balaban J connectivity index is 0. The molecular weight excluding hydrogens is 235 g/mol. The number of aliphatic hydroxyl groups excluding tert-OH is 1. The van der Waals surface area contributed by atoms with E-state index in [4.69, 9.17) is 9.84 Å². The van der Waals surface area contributed by atoms with E-state index in [2.05, 4.69) is 0 Å². The van der Waals surface area contributed by atoms with E-state index in [0.717, 1.165) is 0 Å². The molecule has 0 aliphatic heterocycles. The van der Waals surface area contributed by atoms with Crippen molar-refractivity contribution in [2.45, 2.75) is 26.4 Å². The Hall–Kier alpha value is 0.0531. The minimum absolute atomic E-state index is 0. The fraction of sp³-hybridized carbons (Fsp3) is 0.625. The van der Waals surface area contributed by atoms with Gasteiger partial charge in [-0.1, -0.05) is 6.92 Å². The van der Waals surface area contributed by atoms with Crippen molar-refractivity contribution in [3.05, 3.63) is 11.8 Å². The van der Waals surface area contributed by atoms with Crippen molar-refractivity contribution in [2.75, 3.05) is 7.11 Å². The number of carbonyl (C=O) groups is 1. The van der Waals surface area contributed by atoms with Crippen molar-refractivity contribution >= 4 is 5.78 Å². The van der Waals surface area contributed by atoms with E-state index < -0.39 is 6.10 Å². The van der Waals surface area contributed by atoms with Gasteiger partial charge >= 0.3 is 0 Å². The van der Waals surface area contributed by atoms with Crippen molar-refractivity contribution in [2.24, 2.45) is 0 Å². The molecule has 1 N–H and O–H groups in total. The maximum Gasteiger partial charge on any atom is 0.158 e. The number of rotatable bonds is 4. The van der Waals surface area contributed by atoms with Gasteiger partial charge in [0, 0.05) is 45.8 Å². The summed E-state index contributed by atoms with van der Waals surface area (Å²) in [5, 5.41) is 9.13. The number of ketones is 1. The van der Waals surface area contributed by atoms with Crippen LogP contribution in [0.4, 0.5) is 0 Å². The Morgan fingerprint density at radius 2 is 2.17 bits per heavy atom. The first-order chi connectivity index (χ1) is 5.11. The molecule has 0 aromatic heterocycles. The molecule has 0 spiro atoms. The molecule has 0 rings (SSSR count). The van der Waals surface area contributed by atoms with Crippen LogP contribution in [0.2, 0.25) is 0 Å². The van der Waals surface area contributed by atoms with Gasteiger partial charge in [-0.25, -0.2) is 0 Å². The van der Waals surface area contributed by atoms with Crippen LogP contribution in [0.3, 0.4) is 0 Å². The first-order valence-electron chi connectivity index (χ1n) is 3.58. The molecule has 3 nitrogen and oxygen atoms in total. The molecule has 0 aliphatic carbocycles. The van der Waals surface area contributed by atoms with Crippen LogP contribution in [-0.4, -0.2) is 24.1 Å². The van der Waals surface area contributed by atoms with Crippen molar-refractivity contribution in [3.8, 4) is 0 Å². The molecule has 0 amide bonds. The third-order valence-corrected chi connectivity index (χ3v) is 1.43. The van der Waals surface area contributed by atoms with Crippen LogP contribution in [0.15, 0.2) is 11.8 Å². The number of aliphatic hydroxyl groups is 1. The predicted octanol–water partition coefficient (Wildman–Crippen LogP) is 1.44. The molecule has 0 fully saturated rings. The number of allylic oxidation sites excluding steroid dienone is 1. The fourth-order valence-corrected chi connectivity index (χ4v) is 0.505. The van der Waals surface area contributed by atoms with E-state index >= 15 is 0 Å². The zero-order valence-corrected chi connectivity index (χ0v) is 10.1. The molecular formula is C8H14O3Zr. The summed E-state index contributed by atoms with van der Waals surface area (Å²) in [7, 11) is 1.48. The van der Waals surface area contributed by atoms with Gasteiger partial charge in [0.15, 0.2) is 5.78 Å². The number of carbonyl (C=O) groups excluding carboxylic acids is 1. The maximum absolute atomic E-state index is 10.8. The van der Waals surface area contributed by atoms with Gasteiger partial charge in [-0.05, 0) is 6.92 Å². The molecule has 1 unspecified atom stereocenters. The van der Waals surface area contributed by atoms with Crippen molar-refractivity contribution in [1.29, 1.82) is 0 Å². The van der Waals surface area contributed by atoms with Gasteiger partial charge in [-0.3, -0.25) is 4.79 Å². The topological polar surface area (TPSA) is 46.5 Å². The fourth-order valence-electron chi connectivity index (χ4n) is 0.505. The van der Waals surface area contributed by atoms with Gasteiger partial charge in [0.05, 0.1) is 0 Å². The average molecular weight is 249 g/mol. The first-order valence-corrected chi connectivity index (χ1v) is 3.58. The quantitative estimate of drug-likeness (QED) is 0.606. The summed E-state index contributed by atoms with van der Waals surface area (Å²) < 4.78 is 4.79. The SMILES string of the molecule is CCC(=O)/C=C(\O)C(C)OC.[Zr]. The van der Waals surface area contributed by atoms with Gasteiger partial charge in [-0.15, -0.1) is 0 Å². The normalized spacial score (nSPS) is 13.4. The van der Waals surface area contributed by atoms with E-state index in [1.807, 2.05) is 0 Å². The van der Waals surface area contributed by atoms with Crippen LogP contribution < -0.4 is 0 Å². The molecule has 12 heavy (non-hydrogen) atoms. The second-order valence-corrected chi connectivity index (χ2v) is 2.27. The standard InChI is InChI=1S/C8H14O3.Zr/c1-4-7(9)5-8(10)6(2)11-3;/h5-6,10H,4H2,1-3H3;/b8-5-;. The number of ether oxygens (including phenoxy) is 1. The zero-order chi connectivity index (χ0) is 8.85. The van der Waals surface area contributed by atoms with Crippen LogP contribution in [0.1, 0.15) is 20.3 Å². The average Bonchev–Trinajstić information content (AvgIpc) is 2.02. The minimum Gasteiger partial charge on any atom is -0.509 e.